The lowest BCUT2D eigenvalue weighted by Gasteiger charge is -1.91. The Balaban J connectivity index is 2.39. The van der Waals surface area contributed by atoms with Crippen LogP contribution in [0.1, 0.15) is 15.4 Å². The lowest BCUT2D eigenvalue weighted by atomic mass is 10.2. The monoisotopic (exact) mass is 196 g/mol. The number of nitrogens with one attached hydrogen (secondary N) is 1. The van der Waals surface area contributed by atoms with Crippen LogP contribution in [0.5, 0.6) is 0 Å². The summed E-state index contributed by atoms with van der Waals surface area (Å²) in [6.07, 6.45) is 0.987. The fourth-order valence-corrected chi connectivity index (χ4v) is 1.63. The Labute approximate surface area is 77.2 Å². The number of H-pyrrole nitrogens is 1. The van der Waals surface area contributed by atoms with Crippen LogP contribution in [-0.2, 0) is 0 Å². The first-order valence-corrected chi connectivity index (χ1v) is 4.44. The molecule has 2 aromatic heterocycles. The summed E-state index contributed by atoms with van der Waals surface area (Å²) in [5, 5.41) is 7.53. The van der Waals surface area contributed by atoms with Gasteiger partial charge in [0.1, 0.15) is 5.69 Å². The van der Waals surface area contributed by atoms with E-state index in [9.17, 15) is 9.18 Å². The normalized spacial score (nSPS) is 10.2. The molecular formula is C8H5FN2OS. The van der Waals surface area contributed by atoms with E-state index in [1.165, 1.54) is 11.3 Å². The molecule has 0 bridgehead atoms. The van der Waals surface area contributed by atoms with E-state index in [1.54, 1.807) is 17.5 Å². The van der Waals surface area contributed by atoms with Crippen molar-refractivity contribution in [3.8, 4) is 0 Å². The predicted molar refractivity (Wildman–Crippen MR) is 46.3 cm³/mol. The molecule has 5 heteroatoms. The molecule has 0 fully saturated rings. The van der Waals surface area contributed by atoms with Gasteiger partial charge < -0.3 is 0 Å². The van der Waals surface area contributed by atoms with Gasteiger partial charge in [-0.05, 0) is 11.4 Å². The van der Waals surface area contributed by atoms with Crippen molar-refractivity contribution in [1.29, 1.82) is 0 Å². The Morgan fingerprint density at radius 3 is 3.00 bits per heavy atom. The summed E-state index contributed by atoms with van der Waals surface area (Å²) in [5.41, 5.74) is -0.0811. The quantitative estimate of drug-likeness (QED) is 0.745. The van der Waals surface area contributed by atoms with Crippen molar-refractivity contribution >= 4 is 17.1 Å². The van der Waals surface area contributed by atoms with Gasteiger partial charge >= 0.3 is 0 Å². The van der Waals surface area contributed by atoms with Crippen molar-refractivity contribution in [3.05, 3.63) is 40.1 Å². The van der Waals surface area contributed by atoms with Crippen LogP contribution >= 0.6 is 11.3 Å². The van der Waals surface area contributed by atoms with E-state index in [-0.39, 0.29) is 11.5 Å². The summed E-state index contributed by atoms with van der Waals surface area (Å²) in [4.78, 5) is 12.0. The highest BCUT2D eigenvalue weighted by molar-refractivity contribution is 7.12. The Hall–Kier alpha value is -1.49. The number of halogens is 1. The fraction of sp³-hybridized carbons (Fsp3) is 0. The molecule has 1 N–H and O–H groups in total. The van der Waals surface area contributed by atoms with Crippen molar-refractivity contribution < 1.29 is 9.18 Å². The molecule has 2 aromatic rings. The van der Waals surface area contributed by atoms with E-state index in [0.717, 1.165) is 6.20 Å². The molecule has 0 aliphatic rings. The maximum Gasteiger partial charge on any atom is 0.223 e. The lowest BCUT2D eigenvalue weighted by molar-refractivity contribution is 0.103. The Kier molecular flexibility index (Phi) is 1.94. The number of nitrogens with zero attached hydrogens (tertiary/aromatic N) is 1. The van der Waals surface area contributed by atoms with Crippen LogP contribution in [-0.4, -0.2) is 16.0 Å². The van der Waals surface area contributed by atoms with Crippen LogP contribution in [0.15, 0.2) is 23.7 Å². The molecule has 0 amide bonds. The number of rotatable bonds is 2. The summed E-state index contributed by atoms with van der Waals surface area (Å²) >= 11 is 1.27. The zero-order chi connectivity index (χ0) is 9.26. The molecule has 2 heterocycles. The first-order valence-electron chi connectivity index (χ1n) is 3.56. The summed E-state index contributed by atoms with van der Waals surface area (Å²) in [6.45, 7) is 0. The molecule has 0 aliphatic heterocycles. The minimum Gasteiger partial charge on any atom is -0.286 e. The molecule has 0 spiro atoms. The summed E-state index contributed by atoms with van der Waals surface area (Å²) in [6, 6.07) is 3.39. The minimum atomic E-state index is -0.613. The lowest BCUT2D eigenvalue weighted by Crippen LogP contribution is -2.01. The average molecular weight is 196 g/mol. The average Bonchev–Trinajstić information content (AvgIpc) is 2.72. The Morgan fingerprint density at radius 2 is 2.46 bits per heavy atom. The topological polar surface area (TPSA) is 45.8 Å². The van der Waals surface area contributed by atoms with E-state index in [4.69, 9.17) is 0 Å². The highest BCUT2D eigenvalue weighted by atomic mass is 32.1. The van der Waals surface area contributed by atoms with Gasteiger partial charge in [0.2, 0.25) is 5.78 Å². The highest BCUT2D eigenvalue weighted by Crippen LogP contribution is 2.14. The standard InChI is InChI=1S/C8H5FN2OS/c9-5-4-10-11-7(5)8(12)6-2-1-3-13-6/h1-4H,(H,10,11). The molecule has 0 saturated carbocycles. The first kappa shape index (κ1) is 8.12. The van der Waals surface area contributed by atoms with Crippen molar-refractivity contribution in [2.75, 3.05) is 0 Å². The number of thiophene rings is 1. The SMILES string of the molecule is O=C(c1cccs1)c1[nH]ncc1F. The van der Waals surface area contributed by atoms with Gasteiger partial charge in [-0.3, -0.25) is 9.89 Å². The van der Waals surface area contributed by atoms with Gasteiger partial charge in [0.05, 0.1) is 11.1 Å². The van der Waals surface area contributed by atoms with Gasteiger partial charge in [0, 0.05) is 0 Å². The molecule has 0 aromatic carbocycles. The molecule has 0 radical (unpaired) electrons. The van der Waals surface area contributed by atoms with Crippen LogP contribution in [0.2, 0.25) is 0 Å². The molecule has 0 unspecified atom stereocenters. The molecule has 66 valence electrons. The van der Waals surface area contributed by atoms with Gasteiger partial charge in [0.15, 0.2) is 5.82 Å². The van der Waals surface area contributed by atoms with Crippen molar-refractivity contribution in [1.82, 2.24) is 10.2 Å². The van der Waals surface area contributed by atoms with Crippen LogP contribution in [0.3, 0.4) is 0 Å². The number of aromatic amines is 1. The largest absolute Gasteiger partial charge is 0.286 e. The molecule has 3 nitrogen and oxygen atoms in total. The van der Waals surface area contributed by atoms with Crippen molar-refractivity contribution in [2.45, 2.75) is 0 Å². The van der Waals surface area contributed by atoms with Crippen LogP contribution in [0, 0.1) is 5.82 Å². The molecule has 0 saturated heterocycles. The van der Waals surface area contributed by atoms with Crippen LogP contribution in [0.4, 0.5) is 4.39 Å². The number of hydrogen-bond donors (Lipinski definition) is 1. The zero-order valence-corrected chi connectivity index (χ0v) is 7.27. The number of ketones is 1. The third-order valence-corrected chi connectivity index (χ3v) is 2.43. The van der Waals surface area contributed by atoms with Gasteiger partial charge in [-0.15, -0.1) is 11.3 Å². The number of aromatic nitrogens is 2. The van der Waals surface area contributed by atoms with E-state index in [2.05, 4.69) is 10.2 Å². The van der Waals surface area contributed by atoms with Gasteiger partial charge in [0.25, 0.3) is 0 Å². The number of carbonyl (C=O) groups excluding carboxylic acids is 1. The maximum atomic E-state index is 12.9. The highest BCUT2D eigenvalue weighted by Gasteiger charge is 2.16. The third-order valence-electron chi connectivity index (χ3n) is 1.57. The maximum absolute atomic E-state index is 12.9. The van der Waals surface area contributed by atoms with Gasteiger partial charge in [-0.1, -0.05) is 6.07 Å². The van der Waals surface area contributed by atoms with Gasteiger partial charge in [-0.2, -0.15) is 5.10 Å². The number of hydrogen-bond acceptors (Lipinski definition) is 3. The minimum absolute atomic E-state index is 0.0811. The summed E-state index contributed by atoms with van der Waals surface area (Å²) < 4.78 is 12.9. The second kappa shape index (κ2) is 3.10. The van der Waals surface area contributed by atoms with Crippen LogP contribution in [0.25, 0.3) is 0 Å². The van der Waals surface area contributed by atoms with E-state index in [0.29, 0.717) is 4.88 Å². The summed E-state index contributed by atoms with van der Waals surface area (Å²) in [7, 11) is 0. The van der Waals surface area contributed by atoms with Crippen molar-refractivity contribution in [2.24, 2.45) is 0 Å². The Bertz CT molecular complexity index is 421. The van der Waals surface area contributed by atoms with Crippen molar-refractivity contribution in [3.63, 3.8) is 0 Å². The molecule has 13 heavy (non-hydrogen) atoms. The van der Waals surface area contributed by atoms with Crippen LogP contribution < -0.4 is 0 Å². The summed E-state index contributed by atoms with van der Waals surface area (Å²) in [5.74, 6) is -0.969. The molecule has 0 atom stereocenters. The third kappa shape index (κ3) is 1.38. The smallest absolute Gasteiger partial charge is 0.223 e. The van der Waals surface area contributed by atoms with E-state index >= 15 is 0 Å². The second-order valence-corrected chi connectivity index (χ2v) is 3.35. The predicted octanol–water partition coefficient (Wildman–Crippen LogP) is 1.84. The number of carbonyl (C=O) groups is 1. The van der Waals surface area contributed by atoms with E-state index in [1.807, 2.05) is 0 Å². The molecule has 2 rings (SSSR count). The van der Waals surface area contributed by atoms with Gasteiger partial charge in [-0.25, -0.2) is 4.39 Å². The van der Waals surface area contributed by atoms with E-state index < -0.39 is 5.82 Å². The Morgan fingerprint density at radius 1 is 1.62 bits per heavy atom. The fourth-order valence-electron chi connectivity index (χ4n) is 0.962. The first-order chi connectivity index (χ1) is 6.29. The molecule has 0 aliphatic carbocycles. The zero-order valence-electron chi connectivity index (χ0n) is 6.45. The molecular weight excluding hydrogens is 191 g/mol. The second-order valence-electron chi connectivity index (χ2n) is 2.40.